The van der Waals surface area contributed by atoms with Crippen molar-refractivity contribution in [2.45, 2.75) is 82.0 Å². The first-order valence-electron chi connectivity index (χ1n) is 13.6. The normalized spacial score (nSPS) is 22.1. The van der Waals surface area contributed by atoms with E-state index in [1.807, 2.05) is 6.07 Å². The van der Waals surface area contributed by atoms with Crippen molar-refractivity contribution in [3.8, 4) is 0 Å². The molecule has 2 aliphatic rings. The number of aliphatic hydroxyl groups excluding tert-OH is 1. The second kappa shape index (κ2) is 14.2. The highest BCUT2D eigenvalue weighted by Crippen LogP contribution is 2.40. The smallest absolute Gasteiger partial charge is 0.404 e. The van der Waals surface area contributed by atoms with Crippen molar-refractivity contribution in [2.75, 3.05) is 26.2 Å². The van der Waals surface area contributed by atoms with E-state index in [1.54, 1.807) is 23.1 Å². The molecule has 1 aromatic rings. The van der Waals surface area contributed by atoms with Gasteiger partial charge in [0.2, 0.25) is 0 Å². The Morgan fingerprint density at radius 1 is 1.19 bits per heavy atom. The number of hydrogen-bond donors (Lipinski definition) is 6. The minimum atomic E-state index is -1.28. The van der Waals surface area contributed by atoms with E-state index in [9.17, 15) is 19.8 Å². The monoisotopic (exact) mass is 538 g/mol. The Balaban J connectivity index is 1.71. The Labute approximate surface area is 224 Å². The number of aliphatic hydroxyl groups is 2. The number of halogens is 1. The van der Waals surface area contributed by atoms with E-state index >= 15 is 0 Å². The van der Waals surface area contributed by atoms with Crippen molar-refractivity contribution in [1.29, 1.82) is 0 Å². The van der Waals surface area contributed by atoms with Crippen LogP contribution in [0, 0.1) is 11.8 Å². The van der Waals surface area contributed by atoms with Gasteiger partial charge in [-0.15, -0.1) is 0 Å². The number of nitrogens with two attached hydrogens (primary N) is 1. The highest BCUT2D eigenvalue weighted by atomic mass is 35.5. The number of carbonyl (C=O) groups is 2. The molecule has 2 fully saturated rings. The zero-order valence-corrected chi connectivity index (χ0v) is 22.3. The van der Waals surface area contributed by atoms with Crippen LogP contribution in [0.5, 0.6) is 0 Å². The van der Waals surface area contributed by atoms with Gasteiger partial charge in [-0.25, -0.2) is 9.59 Å². The Kier molecular flexibility index (Phi) is 11.3. The fourth-order valence-electron chi connectivity index (χ4n) is 5.95. The van der Waals surface area contributed by atoms with Crippen molar-refractivity contribution in [2.24, 2.45) is 17.6 Å². The molecule has 1 aliphatic heterocycles. The van der Waals surface area contributed by atoms with Crippen LogP contribution in [0.1, 0.15) is 69.8 Å². The van der Waals surface area contributed by atoms with Crippen LogP contribution in [0.3, 0.4) is 0 Å². The molecule has 0 spiro atoms. The van der Waals surface area contributed by atoms with Crippen molar-refractivity contribution in [1.82, 2.24) is 15.5 Å². The van der Waals surface area contributed by atoms with E-state index in [-0.39, 0.29) is 25.0 Å². The maximum absolute atomic E-state index is 13.4. The fraction of sp³-hybridized carbons (Fsp3) is 0.704. The van der Waals surface area contributed by atoms with Crippen molar-refractivity contribution < 1.29 is 24.9 Å². The third-order valence-corrected chi connectivity index (χ3v) is 8.28. The minimum absolute atomic E-state index is 0.0825. The summed E-state index contributed by atoms with van der Waals surface area (Å²) in [6, 6.07) is 6.44. The van der Waals surface area contributed by atoms with Gasteiger partial charge in [0.15, 0.2) is 0 Å². The van der Waals surface area contributed by atoms with Gasteiger partial charge >= 0.3 is 12.1 Å². The molecular weight excluding hydrogens is 496 g/mol. The molecular formula is C27H43ClN4O5. The Morgan fingerprint density at radius 3 is 2.62 bits per heavy atom. The summed E-state index contributed by atoms with van der Waals surface area (Å²) in [6.45, 7) is 1.20. The molecule has 37 heavy (non-hydrogen) atoms. The lowest BCUT2D eigenvalue weighted by Crippen LogP contribution is -2.55. The number of nitrogens with one attached hydrogen (secondary N) is 2. The van der Waals surface area contributed by atoms with Crippen LogP contribution in [-0.4, -0.2) is 70.7 Å². The van der Waals surface area contributed by atoms with Crippen molar-refractivity contribution in [3.63, 3.8) is 0 Å². The van der Waals surface area contributed by atoms with E-state index in [0.717, 1.165) is 25.7 Å². The van der Waals surface area contributed by atoms with Crippen molar-refractivity contribution >= 4 is 23.7 Å². The highest BCUT2D eigenvalue weighted by Gasteiger charge is 2.41. The number of likely N-dealkylation sites (tertiary alicyclic amines) is 1. The Hall–Kier alpha value is -2.07. The lowest BCUT2D eigenvalue weighted by molar-refractivity contribution is -0.0554. The minimum Gasteiger partial charge on any atom is -0.465 e. The average Bonchev–Trinajstić information content (AvgIpc) is 2.90. The van der Waals surface area contributed by atoms with Crippen molar-refractivity contribution in [3.05, 3.63) is 34.9 Å². The maximum Gasteiger partial charge on any atom is 0.404 e. The summed E-state index contributed by atoms with van der Waals surface area (Å²) < 4.78 is 0. The molecule has 0 aromatic heterocycles. The summed E-state index contributed by atoms with van der Waals surface area (Å²) in [7, 11) is 0. The summed E-state index contributed by atoms with van der Waals surface area (Å²) in [5, 5.41) is 37.3. The molecule has 1 saturated heterocycles. The summed E-state index contributed by atoms with van der Waals surface area (Å²) in [6.07, 6.45) is 6.83. The standard InChI is InChI=1S/C27H43ClN4O5/c28-22-11-4-9-20(16-22)27(37,12-6-13-30-26(35)36)21-10-5-14-32(18-21)25(34)31-23(24(33)17-29)15-19-7-2-1-3-8-19/h4,9,11,16,19,21,23-24,30,33,37H,1-3,5-8,10,12-15,17-18,29H2,(H,31,34)(H,35,36). The van der Waals surface area contributed by atoms with E-state index in [4.69, 9.17) is 22.4 Å². The molecule has 10 heteroatoms. The van der Waals surface area contributed by atoms with E-state index in [0.29, 0.717) is 48.9 Å². The number of amides is 3. The number of hydrogen-bond acceptors (Lipinski definition) is 5. The van der Waals surface area contributed by atoms with Gasteiger partial charge in [0.05, 0.1) is 17.7 Å². The number of nitrogens with zero attached hydrogens (tertiary/aromatic N) is 1. The van der Waals surface area contributed by atoms with Gasteiger partial charge in [-0.1, -0.05) is 55.8 Å². The van der Waals surface area contributed by atoms with Gasteiger partial charge < -0.3 is 36.6 Å². The van der Waals surface area contributed by atoms with E-state index < -0.39 is 23.8 Å². The molecule has 1 aliphatic carbocycles. The van der Waals surface area contributed by atoms with Crippen LogP contribution in [-0.2, 0) is 5.60 Å². The molecule has 3 rings (SSSR count). The van der Waals surface area contributed by atoms with Gasteiger partial charge in [-0.05, 0) is 55.7 Å². The third-order valence-electron chi connectivity index (χ3n) is 8.05. The molecule has 1 aromatic carbocycles. The van der Waals surface area contributed by atoms with Gasteiger partial charge in [0, 0.05) is 37.1 Å². The Bertz CT molecular complexity index is 884. The molecule has 4 atom stereocenters. The molecule has 1 heterocycles. The number of benzene rings is 1. The van der Waals surface area contributed by atoms with Crippen LogP contribution in [0.15, 0.2) is 24.3 Å². The molecule has 208 valence electrons. The number of carbonyl (C=O) groups excluding carboxylic acids is 1. The van der Waals surface area contributed by atoms with E-state index in [2.05, 4.69) is 10.6 Å². The van der Waals surface area contributed by atoms with Crippen LogP contribution in [0.2, 0.25) is 5.02 Å². The molecule has 3 amide bonds. The lowest BCUT2D eigenvalue weighted by atomic mass is 9.74. The first kappa shape index (κ1) is 29.5. The van der Waals surface area contributed by atoms with Crippen LogP contribution < -0.4 is 16.4 Å². The van der Waals surface area contributed by atoms with Gasteiger partial charge in [-0.2, -0.15) is 0 Å². The molecule has 0 bridgehead atoms. The first-order chi connectivity index (χ1) is 17.7. The summed E-state index contributed by atoms with van der Waals surface area (Å²) in [5.41, 5.74) is 5.15. The molecule has 1 saturated carbocycles. The summed E-state index contributed by atoms with van der Waals surface area (Å²) >= 11 is 6.24. The highest BCUT2D eigenvalue weighted by molar-refractivity contribution is 6.30. The van der Waals surface area contributed by atoms with Crippen LogP contribution in [0.25, 0.3) is 0 Å². The molecule has 7 N–H and O–H groups in total. The van der Waals surface area contributed by atoms with Gasteiger partial charge in [0.1, 0.15) is 0 Å². The van der Waals surface area contributed by atoms with Gasteiger partial charge in [0.25, 0.3) is 0 Å². The summed E-state index contributed by atoms with van der Waals surface area (Å²) in [5.74, 6) is 0.216. The SMILES string of the molecule is NCC(O)C(CC1CCCCC1)NC(=O)N1CCCC(C(O)(CCCNC(=O)O)c2cccc(Cl)c2)C1. The maximum atomic E-state index is 13.4. The largest absolute Gasteiger partial charge is 0.465 e. The van der Waals surface area contributed by atoms with Crippen LogP contribution in [0.4, 0.5) is 9.59 Å². The second-order valence-corrected chi connectivity index (χ2v) is 11.1. The topological polar surface area (TPSA) is 148 Å². The second-order valence-electron chi connectivity index (χ2n) is 10.7. The predicted molar refractivity (Wildman–Crippen MR) is 143 cm³/mol. The zero-order valence-electron chi connectivity index (χ0n) is 21.6. The molecule has 4 unspecified atom stereocenters. The first-order valence-corrected chi connectivity index (χ1v) is 14.0. The number of carboxylic acid groups (broad SMARTS) is 1. The lowest BCUT2D eigenvalue weighted by Gasteiger charge is -2.43. The predicted octanol–water partition coefficient (Wildman–Crippen LogP) is 3.66. The number of urea groups is 1. The zero-order chi connectivity index (χ0) is 26.8. The number of piperidine rings is 1. The summed E-state index contributed by atoms with van der Waals surface area (Å²) in [4.78, 5) is 25.9. The third kappa shape index (κ3) is 8.46. The molecule has 0 radical (unpaired) electrons. The average molecular weight is 539 g/mol. The van der Waals surface area contributed by atoms with Crippen LogP contribution >= 0.6 is 11.6 Å². The Morgan fingerprint density at radius 2 is 1.95 bits per heavy atom. The quantitative estimate of drug-likeness (QED) is 0.237. The van der Waals surface area contributed by atoms with Gasteiger partial charge in [-0.3, -0.25) is 0 Å². The molecule has 9 nitrogen and oxygen atoms in total. The fourth-order valence-corrected chi connectivity index (χ4v) is 6.15. The van der Waals surface area contributed by atoms with E-state index in [1.165, 1.54) is 19.3 Å². The number of rotatable bonds is 11.